The number of amides is 1. The number of methoxy groups -OCH3 is 1. The normalized spacial score (nSPS) is 12.1. The molecule has 30 heavy (non-hydrogen) atoms. The molecule has 156 valence electrons. The maximum Gasteiger partial charge on any atom is 0.261 e. The highest BCUT2D eigenvalue weighted by Gasteiger charge is 2.16. The van der Waals surface area contributed by atoms with E-state index in [0.717, 1.165) is 11.3 Å². The van der Waals surface area contributed by atoms with Crippen LogP contribution in [0.4, 0.5) is 5.69 Å². The number of carbonyl (C=O) groups excluding carboxylic acids is 1. The SMILES string of the molecule is COc1ccc(C(C)NC(=O)c2cccc(NS(=O)(=O)c3ccc(Cl)cc3)c2)cc1. The van der Waals surface area contributed by atoms with Crippen LogP contribution in [0.25, 0.3) is 0 Å². The minimum atomic E-state index is -3.80. The highest BCUT2D eigenvalue weighted by atomic mass is 35.5. The van der Waals surface area contributed by atoms with E-state index in [9.17, 15) is 13.2 Å². The molecule has 1 unspecified atom stereocenters. The highest BCUT2D eigenvalue weighted by molar-refractivity contribution is 7.92. The van der Waals surface area contributed by atoms with Gasteiger partial charge < -0.3 is 10.1 Å². The summed E-state index contributed by atoms with van der Waals surface area (Å²) in [6.45, 7) is 1.87. The molecule has 0 saturated heterocycles. The lowest BCUT2D eigenvalue weighted by Crippen LogP contribution is -2.26. The number of sulfonamides is 1. The molecule has 0 aliphatic carbocycles. The van der Waals surface area contributed by atoms with Crippen molar-refractivity contribution in [3.8, 4) is 5.75 Å². The van der Waals surface area contributed by atoms with E-state index in [-0.39, 0.29) is 22.5 Å². The monoisotopic (exact) mass is 444 g/mol. The molecule has 1 atom stereocenters. The van der Waals surface area contributed by atoms with E-state index in [1.807, 2.05) is 31.2 Å². The predicted molar refractivity (Wildman–Crippen MR) is 118 cm³/mol. The van der Waals surface area contributed by atoms with Gasteiger partial charge in [0, 0.05) is 16.3 Å². The van der Waals surface area contributed by atoms with Crippen LogP contribution in [0.15, 0.2) is 77.7 Å². The molecule has 6 nitrogen and oxygen atoms in total. The second kappa shape index (κ2) is 9.19. The minimum Gasteiger partial charge on any atom is -0.497 e. The molecule has 3 aromatic carbocycles. The molecule has 0 aliphatic rings. The van der Waals surface area contributed by atoms with Gasteiger partial charge in [-0.2, -0.15) is 0 Å². The van der Waals surface area contributed by atoms with Crippen molar-refractivity contribution in [2.24, 2.45) is 0 Å². The van der Waals surface area contributed by atoms with E-state index in [1.165, 1.54) is 30.3 Å². The summed E-state index contributed by atoms with van der Waals surface area (Å²) >= 11 is 5.81. The van der Waals surface area contributed by atoms with Crippen LogP contribution < -0.4 is 14.8 Å². The molecule has 0 radical (unpaired) electrons. The predicted octanol–water partition coefficient (Wildman–Crippen LogP) is 4.64. The van der Waals surface area contributed by atoms with Crippen LogP contribution in [0.5, 0.6) is 5.75 Å². The smallest absolute Gasteiger partial charge is 0.261 e. The van der Waals surface area contributed by atoms with E-state index in [4.69, 9.17) is 16.3 Å². The molecule has 1 amide bonds. The number of carbonyl (C=O) groups is 1. The molecule has 0 saturated carbocycles. The molecular weight excluding hydrogens is 424 g/mol. The van der Waals surface area contributed by atoms with E-state index < -0.39 is 10.0 Å². The van der Waals surface area contributed by atoms with Crippen LogP contribution in [-0.2, 0) is 10.0 Å². The van der Waals surface area contributed by atoms with Crippen molar-refractivity contribution in [1.29, 1.82) is 0 Å². The first-order chi connectivity index (χ1) is 14.3. The lowest BCUT2D eigenvalue weighted by molar-refractivity contribution is 0.0940. The topological polar surface area (TPSA) is 84.5 Å². The number of benzene rings is 3. The largest absolute Gasteiger partial charge is 0.497 e. The van der Waals surface area contributed by atoms with Crippen molar-refractivity contribution >= 4 is 33.2 Å². The molecule has 3 rings (SSSR count). The third-order valence-corrected chi connectivity index (χ3v) is 6.11. The fourth-order valence-electron chi connectivity index (χ4n) is 2.81. The minimum absolute atomic E-state index is 0.0786. The third-order valence-electron chi connectivity index (χ3n) is 4.46. The number of ether oxygens (including phenoxy) is 1. The van der Waals surface area contributed by atoms with Crippen LogP contribution in [0.1, 0.15) is 28.9 Å². The zero-order chi connectivity index (χ0) is 21.7. The zero-order valence-electron chi connectivity index (χ0n) is 16.4. The summed E-state index contributed by atoms with van der Waals surface area (Å²) < 4.78 is 32.7. The summed E-state index contributed by atoms with van der Waals surface area (Å²) in [5, 5.41) is 3.35. The lowest BCUT2D eigenvalue weighted by Gasteiger charge is -2.15. The fourth-order valence-corrected chi connectivity index (χ4v) is 3.98. The lowest BCUT2D eigenvalue weighted by atomic mass is 10.1. The van der Waals surface area contributed by atoms with Crippen LogP contribution >= 0.6 is 11.6 Å². The van der Waals surface area contributed by atoms with Gasteiger partial charge in [-0.1, -0.05) is 29.8 Å². The molecule has 8 heteroatoms. The molecule has 0 fully saturated rings. The second-order valence-corrected chi connectivity index (χ2v) is 8.73. The summed E-state index contributed by atoms with van der Waals surface area (Å²) in [7, 11) is -2.21. The van der Waals surface area contributed by atoms with Gasteiger partial charge in [-0.3, -0.25) is 9.52 Å². The molecular formula is C22H21ClN2O4S. The van der Waals surface area contributed by atoms with E-state index in [2.05, 4.69) is 10.0 Å². The summed E-state index contributed by atoms with van der Waals surface area (Å²) in [5.74, 6) is 0.420. The Morgan fingerprint density at radius 2 is 1.67 bits per heavy atom. The van der Waals surface area contributed by atoms with E-state index in [1.54, 1.807) is 25.3 Å². The van der Waals surface area contributed by atoms with Crippen LogP contribution in [0.2, 0.25) is 5.02 Å². The van der Waals surface area contributed by atoms with Crippen LogP contribution in [-0.4, -0.2) is 21.4 Å². The van der Waals surface area contributed by atoms with Gasteiger partial charge in [0.1, 0.15) is 5.75 Å². The van der Waals surface area contributed by atoms with Gasteiger partial charge in [0.25, 0.3) is 15.9 Å². The molecule has 0 bridgehead atoms. The fraction of sp³-hybridized carbons (Fsp3) is 0.136. The molecule has 0 aromatic heterocycles. The number of anilines is 1. The number of hydrogen-bond acceptors (Lipinski definition) is 4. The van der Waals surface area contributed by atoms with Crippen LogP contribution in [0.3, 0.4) is 0 Å². The summed E-state index contributed by atoms with van der Waals surface area (Å²) in [5.41, 5.74) is 1.55. The third kappa shape index (κ3) is 5.31. The Labute approximate surface area is 180 Å². The van der Waals surface area contributed by atoms with Gasteiger partial charge in [-0.15, -0.1) is 0 Å². The second-order valence-electron chi connectivity index (χ2n) is 6.61. The molecule has 0 heterocycles. The van der Waals surface area contributed by atoms with Crippen molar-refractivity contribution < 1.29 is 17.9 Å². The number of rotatable bonds is 7. The zero-order valence-corrected chi connectivity index (χ0v) is 18.0. The Morgan fingerprint density at radius 3 is 2.30 bits per heavy atom. The Balaban J connectivity index is 1.72. The van der Waals surface area contributed by atoms with Gasteiger partial charge in [0.2, 0.25) is 0 Å². The van der Waals surface area contributed by atoms with E-state index >= 15 is 0 Å². The molecule has 2 N–H and O–H groups in total. The van der Waals surface area contributed by atoms with Crippen LogP contribution in [0, 0.1) is 0 Å². The maximum atomic E-state index is 12.6. The Morgan fingerprint density at radius 1 is 1.00 bits per heavy atom. The number of nitrogens with one attached hydrogen (secondary N) is 2. The first-order valence-corrected chi connectivity index (χ1v) is 11.0. The Bertz CT molecular complexity index is 1130. The molecule has 0 aliphatic heterocycles. The summed E-state index contributed by atoms with van der Waals surface area (Å²) in [6.07, 6.45) is 0. The first-order valence-electron chi connectivity index (χ1n) is 9.12. The van der Waals surface area contributed by atoms with Gasteiger partial charge in [0.15, 0.2) is 0 Å². The van der Waals surface area contributed by atoms with Gasteiger partial charge >= 0.3 is 0 Å². The number of halogens is 1. The van der Waals surface area contributed by atoms with Crippen molar-refractivity contribution in [1.82, 2.24) is 5.32 Å². The Hall–Kier alpha value is -3.03. The summed E-state index contributed by atoms with van der Waals surface area (Å²) in [6, 6.07) is 19.3. The van der Waals surface area contributed by atoms with Gasteiger partial charge in [-0.05, 0) is 67.1 Å². The number of hydrogen-bond donors (Lipinski definition) is 2. The maximum absolute atomic E-state index is 12.6. The molecule has 3 aromatic rings. The van der Waals surface area contributed by atoms with Gasteiger partial charge in [0.05, 0.1) is 18.0 Å². The molecule has 0 spiro atoms. The van der Waals surface area contributed by atoms with Crippen molar-refractivity contribution in [3.05, 3.63) is 88.9 Å². The first kappa shape index (κ1) is 21.7. The van der Waals surface area contributed by atoms with Gasteiger partial charge in [-0.25, -0.2) is 8.42 Å². The highest BCUT2D eigenvalue weighted by Crippen LogP contribution is 2.21. The van der Waals surface area contributed by atoms with Crippen molar-refractivity contribution in [2.45, 2.75) is 17.9 Å². The van der Waals surface area contributed by atoms with E-state index in [0.29, 0.717) is 10.6 Å². The van der Waals surface area contributed by atoms with Crippen molar-refractivity contribution in [2.75, 3.05) is 11.8 Å². The Kier molecular flexibility index (Phi) is 6.64. The van der Waals surface area contributed by atoms with Crippen molar-refractivity contribution in [3.63, 3.8) is 0 Å². The summed E-state index contributed by atoms with van der Waals surface area (Å²) in [4.78, 5) is 12.7. The average Bonchev–Trinajstić information content (AvgIpc) is 2.74. The standard InChI is InChI=1S/C22H21ClN2O4S/c1-15(16-6-10-20(29-2)11-7-16)24-22(26)17-4-3-5-19(14-17)25-30(27,28)21-12-8-18(23)9-13-21/h3-15,25H,1-2H3,(H,24,26). The average molecular weight is 445 g/mol. The quantitative estimate of drug-likeness (QED) is 0.556.